The van der Waals surface area contributed by atoms with E-state index < -0.39 is 6.04 Å². The summed E-state index contributed by atoms with van der Waals surface area (Å²) in [5.41, 5.74) is 2.83. The Labute approximate surface area is 182 Å². The number of rotatable bonds is 7. The molecule has 6 nitrogen and oxygen atoms in total. The maximum absolute atomic E-state index is 13.1. The van der Waals surface area contributed by atoms with Crippen LogP contribution < -0.4 is 10.6 Å². The van der Waals surface area contributed by atoms with Crippen LogP contribution in [0.4, 0.5) is 0 Å². The molecule has 1 aliphatic carbocycles. The third-order valence-electron chi connectivity index (χ3n) is 6.29. The normalized spacial score (nSPS) is 19.6. The fourth-order valence-corrected chi connectivity index (χ4v) is 4.35. The first kappa shape index (κ1) is 21.1. The molecule has 3 aromatic rings. The number of H-pyrrole nitrogens is 1. The number of nitrogens with one attached hydrogen (secondary N) is 3. The summed E-state index contributed by atoms with van der Waals surface area (Å²) in [6.07, 6.45) is 7.99. The third kappa shape index (κ3) is 5.32. The van der Waals surface area contributed by atoms with E-state index in [-0.39, 0.29) is 17.7 Å². The quantitative estimate of drug-likeness (QED) is 0.546. The summed E-state index contributed by atoms with van der Waals surface area (Å²) in [6, 6.07) is 13.0. The van der Waals surface area contributed by atoms with Crippen molar-refractivity contribution >= 4 is 22.7 Å². The summed E-state index contributed by atoms with van der Waals surface area (Å²) < 4.78 is 0. The molecule has 0 bridgehead atoms. The standard InChI is InChI=1S/C25H30N4O2/c1-17-9-11-18(12-10-17)24(30)29-23(25(31)28-16-20-6-4-5-13-26-20)14-19-15-27-22-8-3-2-7-21(19)22/h2-8,13,15,17-18,23,27H,9-12,14,16H2,1H3,(H,28,31)(H,29,30)/t17?,18?,23-/m0/s1. The lowest BCUT2D eigenvalue weighted by Gasteiger charge is -2.27. The minimum atomic E-state index is -0.630. The van der Waals surface area contributed by atoms with E-state index in [9.17, 15) is 9.59 Å². The number of aromatic amines is 1. The number of benzene rings is 1. The van der Waals surface area contributed by atoms with Gasteiger partial charge in [-0.05, 0) is 55.4 Å². The highest BCUT2D eigenvalue weighted by molar-refractivity contribution is 5.90. The molecule has 2 amide bonds. The lowest BCUT2D eigenvalue weighted by Crippen LogP contribution is -2.49. The summed E-state index contributed by atoms with van der Waals surface area (Å²) in [5.74, 6) is 0.469. The molecule has 0 spiro atoms. The maximum atomic E-state index is 13.1. The zero-order chi connectivity index (χ0) is 21.6. The average molecular weight is 419 g/mol. The van der Waals surface area contributed by atoms with E-state index in [4.69, 9.17) is 0 Å². The number of pyridine rings is 1. The van der Waals surface area contributed by atoms with E-state index in [1.165, 1.54) is 0 Å². The Kier molecular flexibility index (Phi) is 6.65. The van der Waals surface area contributed by atoms with E-state index in [0.717, 1.165) is 47.8 Å². The molecule has 0 saturated heterocycles. The molecule has 1 aliphatic rings. The molecule has 4 rings (SSSR count). The maximum Gasteiger partial charge on any atom is 0.243 e. The topological polar surface area (TPSA) is 86.9 Å². The van der Waals surface area contributed by atoms with Crippen LogP contribution in [0.3, 0.4) is 0 Å². The summed E-state index contributed by atoms with van der Waals surface area (Å²) in [5, 5.41) is 7.08. The number of fused-ring (bicyclic) bond motifs is 1. The summed E-state index contributed by atoms with van der Waals surface area (Å²) in [6.45, 7) is 2.57. The third-order valence-corrected chi connectivity index (χ3v) is 6.29. The Bertz CT molecular complexity index is 1020. The number of carbonyl (C=O) groups excluding carboxylic acids is 2. The fraction of sp³-hybridized carbons (Fsp3) is 0.400. The lowest BCUT2D eigenvalue weighted by atomic mass is 9.82. The van der Waals surface area contributed by atoms with Crippen LogP contribution in [0, 0.1) is 11.8 Å². The first-order valence-electron chi connectivity index (χ1n) is 11.1. The van der Waals surface area contributed by atoms with Crippen molar-refractivity contribution in [3.63, 3.8) is 0 Å². The minimum absolute atomic E-state index is 0.00902. The monoisotopic (exact) mass is 418 g/mol. The largest absolute Gasteiger partial charge is 0.361 e. The lowest BCUT2D eigenvalue weighted by molar-refractivity contribution is -0.132. The smallest absolute Gasteiger partial charge is 0.243 e. The molecule has 1 saturated carbocycles. The number of nitrogens with zero attached hydrogens (tertiary/aromatic N) is 1. The van der Waals surface area contributed by atoms with Gasteiger partial charge < -0.3 is 15.6 Å². The van der Waals surface area contributed by atoms with Gasteiger partial charge in [0.15, 0.2) is 0 Å². The fourth-order valence-electron chi connectivity index (χ4n) is 4.35. The molecular weight excluding hydrogens is 388 g/mol. The second-order valence-electron chi connectivity index (χ2n) is 8.62. The van der Waals surface area contributed by atoms with Crippen molar-refractivity contribution in [2.45, 2.75) is 51.6 Å². The van der Waals surface area contributed by atoms with Gasteiger partial charge in [-0.3, -0.25) is 14.6 Å². The van der Waals surface area contributed by atoms with Crippen LogP contribution in [-0.2, 0) is 22.6 Å². The predicted octanol–water partition coefficient (Wildman–Crippen LogP) is 3.73. The Morgan fingerprint density at radius 2 is 1.87 bits per heavy atom. The van der Waals surface area contributed by atoms with Gasteiger partial charge in [0.25, 0.3) is 0 Å². The second-order valence-corrected chi connectivity index (χ2v) is 8.62. The summed E-state index contributed by atoms with van der Waals surface area (Å²) in [4.78, 5) is 33.6. The Hall–Kier alpha value is -3.15. The summed E-state index contributed by atoms with van der Waals surface area (Å²) in [7, 11) is 0. The number of hydrogen-bond donors (Lipinski definition) is 3. The van der Waals surface area contributed by atoms with Crippen molar-refractivity contribution in [2.75, 3.05) is 0 Å². The molecule has 0 aliphatic heterocycles. The average Bonchev–Trinajstić information content (AvgIpc) is 3.21. The molecule has 3 N–H and O–H groups in total. The minimum Gasteiger partial charge on any atom is -0.361 e. The van der Waals surface area contributed by atoms with Gasteiger partial charge in [0, 0.05) is 35.6 Å². The van der Waals surface area contributed by atoms with Crippen LogP contribution in [0.5, 0.6) is 0 Å². The first-order chi connectivity index (χ1) is 15.1. The van der Waals surface area contributed by atoms with E-state index in [1.807, 2.05) is 48.7 Å². The number of aromatic nitrogens is 2. The molecule has 2 aromatic heterocycles. The van der Waals surface area contributed by atoms with Gasteiger partial charge in [0.05, 0.1) is 12.2 Å². The van der Waals surface area contributed by atoms with E-state index in [0.29, 0.717) is 18.9 Å². The van der Waals surface area contributed by atoms with Crippen LogP contribution in [0.25, 0.3) is 10.9 Å². The van der Waals surface area contributed by atoms with Gasteiger partial charge >= 0.3 is 0 Å². The van der Waals surface area contributed by atoms with E-state index in [1.54, 1.807) is 6.20 Å². The number of amides is 2. The highest BCUT2D eigenvalue weighted by Crippen LogP contribution is 2.28. The summed E-state index contributed by atoms with van der Waals surface area (Å²) >= 11 is 0. The van der Waals surface area contributed by atoms with E-state index >= 15 is 0 Å². The highest BCUT2D eigenvalue weighted by atomic mass is 16.2. The van der Waals surface area contributed by atoms with Crippen LogP contribution in [-0.4, -0.2) is 27.8 Å². The van der Waals surface area contributed by atoms with Crippen LogP contribution in [0.15, 0.2) is 54.9 Å². The van der Waals surface area contributed by atoms with Crippen molar-refractivity contribution in [2.24, 2.45) is 11.8 Å². The number of para-hydroxylation sites is 1. The van der Waals surface area contributed by atoms with Gasteiger partial charge in [-0.1, -0.05) is 31.2 Å². The molecule has 0 unspecified atom stereocenters. The van der Waals surface area contributed by atoms with Gasteiger partial charge in [-0.25, -0.2) is 0 Å². The molecular formula is C25H30N4O2. The van der Waals surface area contributed by atoms with Crippen LogP contribution >= 0.6 is 0 Å². The number of hydrogen-bond acceptors (Lipinski definition) is 3. The van der Waals surface area contributed by atoms with E-state index in [2.05, 4.69) is 27.5 Å². The van der Waals surface area contributed by atoms with Gasteiger partial charge in [0.1, 0.15) is 6.04 Å². The second kappa shape index (κ2) is 9.77. The SMILES string of the molecule is CC1CCC(C(=O)N[C@@H](Cc2c[nH]c3ccccc23)C(=O)NCc2ccccn2)CC1. The molecule has 162 valence electrons. The molecule has 2 heterocycles. The molecule has 0 radical (unpaired) electrons. The molecule has 1 atom stereocenters. The molecule has 1 fully saturated rings. The van der Waals surface area contributed by atoms with Crippen LogP contribution in [0.1, 0.15) is 43.9 Å². The van der Waals surface area contributed by atoms with Crippen molar-refractivity contribution in [1.82, 2.24) is 20.6 Å². The molecule has 1 aromatic carbocycles. The molecule has 31 heavy (non-hydrogen) atoms. The zero-order valence-corrected chi connectivity index (χ0v) is 17.9. The van der Waals surface area contributed by atoms with Gasteiger partial charge in [0.2, 0.25) is 11.8 Å². The zero-order valence-electron chi connectivity index (χ0n) is 17.9. The highest BCUT2D eigenvalue weighted by Gasteiger charge is 2.29. The van der Waals surface area contributed by atoms with Crippen LogP contribution in [0.2, 0.25) is 0 Å². The molecule has 6 heteroatoms. The van der Waals surface area contributed by atoms with Crippen molar-refractivity contribution < 1.29 is 9.59 Å². The first-order valence-corrected chi connectivity index (χ1v) is 11.1. The van der Waals surface area contributed by atoms with Gasteiger partial charge in [-0.2, -0.15) is 0 Å². The Morgan fingerprint density at radius 1 is 1.10 bits per heavy atom. The van der Waals surface area contributed by atoms with Crippen molar-refractivity contribution in [3.05, 3.63) is 66.1 Å². The number of carbonyl (C=O) groups is 2. The Morgan fingerprint density at radius 3 is 2.65 bits per heavy atom. The van der Waals surface area contributed by atoms with Gasteiger partial charge in [-0.15, -0.1) is 0 Å². The Balaban J connectivity index is 1.48. The van der Waals surface area contributed by atoms with Crippen molar-refractivity contribution in [1.29, 1.82) is 0 Å². The van der Waals surface area contributed by atoms with Crippen molar-refractivity contribution in [3.8, 4) is 0 Å². The predicted molar refractivity (Wildman–Crippen MR) is 121 cm³/mol.